The Hall–Kier alpha value is -1.45. The molecule has 16 heavy (non-hydrogen) atoms. The molecule has 1 aromatic carbocycles. The molecule has 0 spiro atoms. The number of rotatable bonds is 4. The van der Waals surface area contributed by atoms with Crippen LogP contribution in [0.15, 0.2) is 12.1 Å². The molecule has 0 N–H and O–H groups in total. The molecule has 0 heterocycles. The van der Waals surface area contributed by atoms with Gasteiger partial charge in [-0.3, -0.25) is 4.79 Å². The summed E-state index contributed by atoms with van der Waals surface area (Å²) in [7, 11) is 0. The van der Waals surface area contributed by atoms with E-state index in [0.29, 0.717) is 17.5 Å². The summed E-state index contributed by atoms with van der Waals surface area (Å²) < 4.78 is 28.7. The fourth-order valence-corrected chi connectivity index (χ4v) is 1.53. The number of aryl methyl sites for hydroxylation is 1. The molecule has 0 saturated heterocycles. The topological polar surface area (TPSA) is 26.3 Å². The second-order valence-electron chi connectivity index (χ2n) is 3.55. The monoisotopic (exact) mass is 228 g/mol. The Kier molecular flexibility index (Phi) is 3.99. The SMILES string of the molecule is CCc1cc(OC(F)F)c(C)c(C(C)=O)c1. The zero-order chi connectivity index (χ0) is 12.3. The van der Waals surface area contributed by atoms with E-state index in [1.807, 2.05) is 6.92 Å². The van der Waals surface area contributed by atoms with Crippen LogP contribution in [-0.4, -0.2) is 12.4 Å². The van der Waals surface area contributed by atoms with Crippen LogP contribution in [0.1, 0.15) is 35.3 Å². The van der Waals surface area contributed by atoms with Crippen LogP contribution in [0.2, 0.25) is 0 Å². The van der Waals surface area contributed by atoms with E-state index in [2.05, 4.69) is 4.74 Å². The fraction of sp³-hybridized carbons (Fsp3) is 0.417. The molecule has 4 heteroatoms. The first-order valence-corrected chi connectivity index (χ1v) is 5.05. The number of alkyl halides is 2. The summed E-state index contributed by atoms with van der Waals surface area (Å²) in [6.45, 7) is 2.04. The predicted octanol–water partition coefficient (Wildman–Crippen LogP) is 3.36. The molecular weight excluding hydrogens is 214 g/mol. The average Bonchev–Trinajstić information content (AvgIpc) is 2.19. The van der Waals surface area contributed by atoms with Gasteiger partial charge >= 0.3 is 6.61 Å². The summed E-state index contributed by atoms with van der Waals surface area (Å²) in [5.74, 6) is -0.0635. The van der Waals surface area contributed by atoms with E-state index in [9.17, 15) is 13.6 Å². The second kappa shape index (κ2) is 5.05. The standard InChI is InChI=1S/C12H14F2O2/c1-4-9-5-10(8(3)15)7(2)11(6-9)16-12(13)14/h5-6,12H,4H2,1-3H3. The molecule has 88 valence electrons. The van der Waals surface area contributed by atoms with Gasteiger partial charge in [-0.1, -0.05) is 6.92 Å². The molecule has 0 unspecified atom stereocenters. The number of benzene rings is 1. The first-order valence-electron chi connectivity index (χ1n) is 5.05. The van der Waals surface area contributed by atoms with Crippen LogP contribution in [0.5, 0.6) is 5.75 Å². The van der Waals surface area contributed by atoms with Gasteiger partial charge in [-0.05, 0) is 38.0 Å². The van der Waals surface area contributed by atoms with Crippen molar-refractivity contribution in [1.82, 2.24) is 0 Å². The van der Waals surface area contributed by atoms with Crippen LogP contribution in [0.4, 0.5) is 8.78 Å². The maximum absolute atomic E-state index is 12.2. The highest BCUT2D eigenvalue weighted by atomic mass is 19.3. The lowest BCUT2D eigenvalue weighted by Gasteiger charge is -2.12. The molecule has 2 nitrogen and oxygen atoms in total. The van der Waals surface area contributed by atoms with Crippen molar-refractivity contribution in [2.24, 2.45) is 0 Å². The van der Waals surface area contributed by atoms with Gasteiger partial charge in [0, 0.05) is 11.1 Å². The Bertz CT molecular complexity index is 400. The number of carbonyl (C=O) groups excluding carboxylic acids is 1. The summed E-state index contributed by atoms with van der Waals surface area (Å²) in [4.78, 5) is 11.3. The molecule has 0 aromatic heterocycles. The minimum atomic E-state index is -2.87. The Morgan fingerprint density at radius 3 is 2.50 bits per heavy atom. The highest BCUT2D eigenvalue weighted by Gasteiger charge is 2.14. The number of hydrogen-bond acceptors (Lipinski definition) is 2. The van der Waals surface area contributed by atoms with Gasteiger partial charge < -0.3 is 4.74 Å². The highest BCUT2D eigenvalue weighted by molar-refractivity contribution is 5.96. The van der Waals surface area contributed by atoms with E-state index in [-0.39, 0.29) is 11.5 Å². The van der Waals surface area contributed by atoms with Crippen LogP contribution < -0.4 is 4.74 Å². The van der Waals surface area contributed by atoms with E-state index < -0.39 is 6.61 Å². The van der Waals surface area contributed by atoms with Crippen molar-refractivity contribution in [3.63, 3.8) is 0 Å². The van der Waals surface area contributed by atoms with Crippen molar-refractivity contribution in [2.75, 3.05) is 0 Å². The molecule has 0 fully saturated rings. The molecule has 0 atom stereocenters. The molecule has 1 rings (SSSR count). The molecule has 0 aliphatic rings. The minimum absolute atomic E-state index is 0.0829. The van der Waals surface area contributed by atoms with E-state index >= 15 is 0 Å². The molecule has 0 aliphatic carbocycles. The van der Waals surface area contributed by atoms with Gasteiger partial charge in [0.1, 0.15) is 5.75 Å². The molecule has 1 aromatic rings. The Labute approximate surface area is 93.2 Å². The van der Waals surface area contributed by atoms with Gasteiger partial charge in [0.2, 0.25) is 0 Å². The van der Waals surface area contributed by atoms with Crippen LogP contribution in [-0.2, 0) is 6.42 Å². The van der Waals surface area contributed by atoms with E-state index in [0.717, 1.165) is 5.56 Å². The number of halogens is 2. The van der Waals surface area contributed by atoms with Crippen LogP contribution in [0, 0.1) is 6.92 Å². The maximum atomic E-state index is 12.2. The van der Waals surface area contributed by atoms with Crippen LogP contribution >= 0.6 is 0 Å². The minimum Gasteiger partial charge on any atom is -0.435 e. The second-order valence-corrected chi connectivity index (χ2v) is 3.55. The van der Waals surface area contributed by atoms with Crippen molar-refractivity contribution in [3.05, 3.63) is 28.8 Å². The smallest absolute Gasteiger partial charge is 0.387 e. The normalized spacial score (nSPS) is 10.6. The van der Waals surface area contributed by atoms with Crippen LogP contribution in [0.3, 0.4) is 0 Å². The lowest BCUT2D eigenvalue weighted by atomic mass is 10.00. The van der Waals surface area contributed by atoms with Gasteiger partial charge in [-0.2, -0.15) is 8.78 Å². The molecule has 0 saturated carbocycles. The summed E-state index contributed by atoms with van der Waals surface area (Å²) >= 11 is 0. The van der Waals surface area contributed by atoms with Crippen LogP contribution in [0.25, 0.3) is 0 Å². The Morgan fingerprint density at radius 2 is 2.06 bits per heavy atom. The zero-order valence-corrected chi connectivity index (χ0v) is 9.51. The van der Waals surface area contributed by atoms with Crippen molar-refractivity contribution in [3.8, 4) is 5.75 Å². The summed E-state index contributed by atoms with van der Waals surface area (Å²) in [5, 5.41) is 0. The lowest BCUT2D eigenvalue weighted by Crippen LogP contribution is -2.07. The summed E-state index contributed by atoms with van der Waals surface area (Å²) in [6, 6.07) is 3.27. The van der Waals surface area contributed by atoms with Gasteiger partial charge in [0.15, 0.2) is 5.78 Å². The van der Waals surface area contributed by atoms with Crippen molar-refractivity contribution >= 4 is 5.78 Å². The first kappa shape index (κ1) is 12.6. The number of Topliss-reactive ketones (excluding diaryl/α,β-unsaturated/α-hetero) is 1. The molecule has 0 aliphatic heterocycles. The van der Waals surface area contributed by atoms with Gasteiger partial charge in [-0.25, -0.2) is 0 Å². The maximum Gasteiger partial charge on any atom is 0.387 e. The van der Waals surface area contributed by atoms with Gasteiger partial charge in [0.05, 0.1) is 0 Å². The van der Waals surface area contributed by atoms with Crippen molar-refractivity contribution in [2.45, 2.75) is 33.8 Å². The molecular formula is C12H14F2O2. The average molecular weight is 228 g/mol. The van der Waals surface area contributed by atoms with E-state index in [1.54, 1.807) is 19.1 Å². The lowest BCUT2D eigenvalue weighted by molar-refractivity contribution is -0.0503. The Morgan fingerprint density at radius 1 is 1.44 bits per heavy atom. The summed E-state index contributed by atoms with van der Waals surface area (Å²) in [5.41, 5.74) is 1.71. The predicted molar refractivity (Wildman–Crippen MR) is 57.2 cm³/mol. The number of ether oxygens (including phenoxy) is 1. The number of hydrogen-bond donors (Lipinski definition) is 0. The van der Waals surface area contributed by atoms with E-state index in [4.69, 9.17) is 0 Å². The highest BCUT2D eigenvalue weighted by Crippen LogP contribution is 2.26. The van der Waals surface area contributed by atoms with Gasteiger partial charge in [-0.15, -0.1) is 0 Å². The first-order chi connectivity index (χ1) is 7.45. The fourth-order valence-electron chi connectivity index (χ4n) is 1.53. The molecule has 0 amide bonds. The third kappa shape index (κ3) is 2.78. The van der Waals surface area contributed by atoms with E-state index in [1.165, 1.54) is 6.92 Å². The number of carbonyl (C=O) groups is 1. The van der Waals surface area contributed by atoms with Gasteiger partial charge in [0.25, 0.3) is 0 Å². The third-order valence-electron chi connectivity index (χ3n) is 2.42. The third-order valence-corrected chi connectivity index (χ3v) is 2.42. The number of ketones is 1. The quantitative estimate of drug-likeness (QED) is 0.738. The summed E-state index contributed by atoms with van der Waals surface area (Å²) in [6.07, 6.45) is 0.667. The zero-order valence-electron chi connectivity index (χ0n) is 9.51. The van der Waals surface area contributed by atoms with Crippen molar-refractivity contribution < 1.29 is 18.3 Å². The van der Waals surface area contributed by atoms with Crippen molar-refractivity contribution in [1.29, 1.82) is 0 Å². The molecule has 0 radical (unpaired) electrons. The largest absolute Gasteiger partial charge is 0.435 e. The Balaban J connectivity index is 3.25. The molecule has 0 bridgehead atoms.